The Kier molecular flexibility index (Phi) is 6.07. The van der Waals surface area contributed by atoms with Gasteiger partial charge in [-0.15, -0.1) is 0 Å². The lowest BCUT2D eigenvalue weighted by Gasteiger charge is -2.34. The largest absolute Gasteiger partial charge is 0.383 e. The van der Waals surface area contributed by atoms with E-state index in [1.54, 1.807) is 7.11 Å². The van der Waals surface area contributed by atoms with Crippen molar-refractivity contribution in [1.82, 2.24) is 10.2 Å². The molecule has 0 bridgehead atoms. The standard InChI is InChI=1S/C14H27N3O/c1-5-16-14(11-15)8-7-13(9-14)17(6-2)12(3)10-18-4/h12-13,16H,5-10H2,1-4H3. The normalized spacial score (nSPS) is 29.4. The summed E-state index contributed by atoms with van der Waals surface area (Å²) in [6.07, 6.45) is 2.99. The molecule has 4 heteroatoms. The number of ether oxygens (including phenoxy) is 1. The topological polar surface area (TPSA) is 48.3 Å². The third-order valence-electron chi connectivity index (χ3n) is 4.03. The molecule has 0 heterocycles. The van der Waals surface area contributed by atoms with Crippen molar-refractivity contribution in [2.45, 2.75) is 57.7 Å². The van der Waals surface area contributed by atoms with Crippen LogP contribution in [0.25, 0.3) is 0 Å². The second-order valence-electron chi connectivity index (χ2n) is 5.26. The van der Waals surface area contributed by atoms with E-state index in [0.29, 0.717) is 12.1 Å². The summed E-state index contributed by atoms with van der Waals surface area (Å²) in [5.41, 5.74) is -0.306. The van der Waals surface area contributed by atoms with Gasteiger partial charge in [0.25, 0.3) is 0 Å². The fourth-order valence-corrected chi connectivity index (χ4v) is 3.21. The van der Waals surface area contributed by atoms with Gasteiger partial charge in [0.2, 0.25) is 0 Å². The van der Waals surface area contributed by atoms with E-state index < -0.39 is 0 Å². The van der Waals surface area contributed by atoms with E-state index in [1.807, 2.05) is 0 Å². The van der Waals surface area contributed by atoms with E-state index in [4.69, 9.17) is 4.74 Å². The number of methoxy groups -OCH3 is 1. The van der Waals surface area contributed by atoms with Crippen molar-refractivity contribution in [1.29, 1.82) is 5.26 Å². The highest BCUT2D eigenvalue weighted by Gasteiger charge is 2.41. The molecule has 3 unspecified atom stereocenters. The number of hydrogen-bond acceptors (Lipinski definition) is 4. The van der Waals surface area contributed by atoms with Crippen LogP contribution in [0.4, 0.5) is 0 Å². The molecule has 1 N–H and O–H groups in total. The molecule has 3 atom stereocenters. The van der Waals surface area contributed by atoms with E-state index in [-0.39, 0.29) is 5.54 Å². The van der Waals surface area contributed by atoms with Crippen molar-refractivity contribution in [3.8, 4) is 6.07 Å². The first-order chi connectivity index (χ1) is 8.62. The van der Waals surface area contributed by atoms with Gasteiger partial charge in [0.05, 0.1) is 12.7 Å². The van der Waals surface area contributed by atoms with Gasteiger partial charge in [-0.25, -0.2) is 0 Å². The first-order valence-corrected chi connectivity index (χ1v) is 7.03. The third-order valence-corrected chi connectivity index (χ3v) is 4.03. The third kappa shape index (κ3) is 3.44. The number of nitriles is 1. The van der Waals surface area contributed by atoms with Gasteiger partial charge in [-0.2, -0.15) is 5.26 Å². The lowest BCUT2D eigenvalue weighted by atomic mass is 9.99. The molecule has 0 aliphatic heterocycles. The molecule has 0 amide bonds. The Morgan fingerprint density at radius 2 is 2.28 bits per heavy atom. The minimum Gasteiger partial charge on any atom is -0.383 e. The van der Waals surface area contributed by atoms with Gasteiger partial charge in [0.15, 0.2) is 0 Å². The minimum atomic E-state index is -0.306. The van der Waals surface area contributed by atoms with Gasteiger partial charge in [0, 0.05) is 19.2 Å². The predicted molar refractivity (Wildman–Crippen MR) is 73.4 cm³/mol. The van der Waals surface area contributed by atoms with Gasteiger partial charge >= 0.3 is 0 Å². The molecule has 0 radical (unpaired) electrons. The Bertz CT molecular complexity index is 289. The van der Waals surface area contributed by atoms with Crippen LogP contribution in [-0.4, -0.2) is 49.3 Å². The SMILES string of the molecule is CCNC1(C#N)CCC(N(CC)C(C)COC)C1. The Balaban J connectivity index is 2.66. The molecule has 1 rings (SSSR count). The number of nitrogens with one attached hydrogen (secondary N) is 1. The molecular formula is C14H27N3O. The number of likely N-dealkylation sites (N-methyl/N-ethyl adjacent to an activating group) is 1. The number of hydrogen-bond donors (Lipinski definition) is 1. The maximum atomic E-state index is 9.41. The molecule has 1 fully saturated rings. The maximum Gasteiger partial charge on any atom is 0.108 e. The van der Waals surface area contributed by atoms with Crippen LogP contribution < -0.4 is 5.32 Å². The molecule has 0 aromatic rings. The lowest BCUT2D eigenvalue weighted by Crippen LogP contribution is -2.46. The average molecular weight is 253 g/mol. The second kappa shape index (κ2) is 7.08. The van der Waals surface area contributed by atoms with Crippen molar-refractivity contribution in [2.75, 3.05) is 26.8 Å². The quantitative estimate of drug-likeness (QED) is 0.751. The zero-order chi connectivity index (χ0) is 13.6. The zero-order valence-electron chi connectivity index (χ0n) is 12.2. The summed E-state index contributed by atoms with van der Waals surface area (Å²) < 4.78 is 5.25. The number of rotatable bonds is 7. The summed E-state index contributed by atoms with van der Waals surface area (Å²) >= 11 is 0. The molecule has 4 nitrogen and oxygen atoms in total. The summed E-state index contributed by atoms with van der Waals surface area (Å²) in [6, 6.07) is 3.41. The van der Waals surface area contributed by atoms with Crippen molar-refractivity contribution in [3.05, 3.63) is 0 Å². The molecule has 0 aromatic carbocycles. The van der Waals surface area contributed by atoms with Crippen molar-refractivity contribution in [2.24, 2.45) is 0 Å². The average Bonchev–Trinajstić information content (AvgIpc) is 2.76. The molecule has 0 aromatic heterocycles. The molecule has 0 saturated heterocycles. The van der Waals surface area contributed by atoms with Crippen LogP contribution in [-0.2, 0) is 4.74 Å². The van der Waals surface area contributed by atoms with Crippen LogP contribution >= 0.6 is 0 Å². The molecule has 104 valence electrons. The van der Waals surface area contributed by atoms with Gasteiger partial charge in [-0.05, 0) is 39.3 Å². The van der Waals surface area contributed by atoms with Crippen LogP contribution in [0.1, 0.15) is 40.0 Å². The van der Waals surface area contributed by atoms with Crippen molar-refractivity contribution < 1.29 is 4.74 Å². The second-order valence-corrected chi connectivity index (χ2v) is 5.26. The summed E-state index contributed by atoms with van der Waals surface area (Å²) in [6.45, 7) is 9.09. The Hall–Kier alpha value is -0.630. The highest BCUT2D eigenvalue weighted by atomic mass is 16.5. The van der Waals surface area contributed by atoms with Gasteiger partial charge in [0.1, 0.15) is 5.54 Å². The zero-order valence-corrected chi connectivity index (χ0v) is 12.2. The van der Waals surface area contributed by atoms with E-state index in [2.05, 4.69) is 37.1 Å². The summed E-state index contributed by atoms with van der Waals surface area (Å²) in [5.74, 6) is 0. The van der Waals surface area contributed by atoms with Crippen LogP contribution in [0.2, 0.25) is 0 Å². The van der Waals surface area contributed by atoms with Crippen molar-refractivity contribution >= 4 is 0 Å². The fourth-order valence-electron chi connectivity index (χ4n) is 3.21. The predicted octanol–water partition coefficient (Wildman–Crippen LogP) is 1.77. The fraction of sp³-hybridized carbons (Fsp3) is 0.929. The highest BCUT2D eigenvalue weighted by molar-refractivity contribution is 5.13. The molecule has 1 aliphatic carbocycles. The van der Waals surface area contributed by atoms with Gasteiger partial charge in [-0.1, -0.05) is 13.8 Å². The van der Waals surface area contributed by atoms with E-state index >= 15 is 0 Å². The Morgan fingerprint density at radius 1 is 1.56 bits per heavy atom. The number of nitrogens with zero attached hydrogens (tertiary/aromatic N) is 2. The highest BCUT2D eigenvalue weighted by Crippen LogP contribution is 2.33. The summed E-state index contributed by atoms with van der Waals surface area (Å²) in [5, 5.41) is 12.8. The summed E-state index contributed by atoms with van der Waals surface area (Å²) in [4.78, 5) is 2.47. The smallest absolute Gasteiger partial charge is 0.108 e. The molecular weight excluding hydrogens is 226 g/mol. The Labute approximate surface area is 111 Å². The van der Waals surface area contributed by atoms with Crippen LogP contribution in [0, 0.1) is 11.3 Å². The van der Waals surface area contributed by atoms with Gasteiger partial charge < -0.3 is 4.74 Å². The van der Waals surface area contributed by atoms with E-state index in [1.165, 1.54) is 0 Å². The van der Waals surface area contributed by atoms with E-state index in [9.17, 15) is 5.26 Å². The molecule has 18 heavy (non-hydrogen) atoms. The Morgan fingerprint density at radius 3 is 2.78 bits per heavy atom. The summed E-state index contributed by atoms with van der Waals surface area (Å²) in [7, 11) is 1.75. The van der Waals surface area contributed by atoms with Gasteiger partial charge in [-0.3, -0.25) is 10.2 Å². The molecule has 1 saturated carbocycles. The van der Waals surface area contributed by atoms with E-state index in [0.717, 1.165) is 39.0 Å². The lowest BCUT2D eigenvalue weighted by molar-refractivity contribution is 0.0731. The molecule has 1 aliphatic rings. The first-order valence-electron chi connectivity index (χ1n) is 7.03. The van der Waals surface area contributed by atoms with Crippen LogP contribution in [0.5, 0.6) is 0 Å². The minimum absolute atomic E-state index is 0.306. The monoisotopic (exact) mass is 253 g/mol. The van der Waals surface area contributed by atoms with Crippen molar-refractivity contribution in [3.63, 3.8) is 0 Å². The first kappa shape index (κ1) is 15.4. The molecule has 0 spiro atoms. The van der Waals surface area contributed by atoms with Crippen LogP contribution in [0.3, 0.4) is 0 Å². The maximum absolute atomic E-state index is 9.41. The van der Waals surface area contributed by atoms with Crippen LogP contribution in [0.15, 0.2) is 0 Å².